The van der Waals surface area contributed by atoms with Crippen molar-refractivity contribution in [1.29, 1.82) is 0 Å². The standard InChI is InChI=1S/C35H40N4O2/c1-34(2,3)24-15-17-32(40)30(19-24)38-22-36(26-11-7-9-13-28(26)38)21-37-23-39(29-14-10-8-12-27(29)37)31-20-25(35(4,5)6)16-18-33(31)41/h7-20,40-41H,21-23H2,1-6H3. The Morgan fingerprint density at radius 1 is 0.512 bits per heavy atom. The molecule has 2 aliphatic rings. The second-order valence-corrected chi connectivity index (χ2v) is 13.2. The summed E-state index contributed by atoms with van der Waals surface area (Å²) in [6.45, 7) is 15.0. The lowest BCUT2D eigenvalue weighted by Gasteiger charge is -2.30. The fourth-order valence-electron chi connectivity index (χ4n) is 5.84. The number of rotatable bonds is 4. The van der Waals surface area contributed by atoms with Crippen molar-refractivity contribution in [2.75, 3.05) is 39.6 Å². The molecule has 0 saturated carbocycles. The highest BCUT2D eigenvalue weighted by atomic mass is 16.3. The van der Waals surface area contributed by atoms with Gasteiger partial charge in [-0.05, 0) is 70.5 Å². The van der Waals surface area contributed by atoms with Crippen LogP contribution in [0.15, 0.2) is 84.9 Å². The van der Waals surface area contributed by atoms with Crippen LogP contribution in [-0.4, -0.2) is 30.2 Å². The zero-order valence-electron chi connectivity index (χ0n) is 24.9. The van der Waals surface area contributed by atoms with Gasteiger partial charge in [0.05, 0.1) is 54.1 Å². The third-order valence-electron chi connectivity index (χ3n) is 8.26. The van der Waals surface area contributed by atoms with Crippen LogP contribution in [0.5, 0.6) is 11.5 Å². The largest absolute Gasteiger partial charge is 0.506 e. The molecule has 41 heavy (non-hydrogen) atoms. The van der Waals surface area contributed by atoms with E-state index in [1.54, 1.807) is 0 Å². The highest BCUT2D eigenvalue weighted by Gasteiger charge is 2.34. The molecule has 0 saturated heterocycles. The number of para-hydroxylation sites is 4. The molecular formula is C35H40N4O2. The Morgan fingerprint density at radius 3 is 1.24 bits per heavy atom. The minimum atomic E-state index is -0.0278. The molecule has 2 heterocycles. The van der Waals surface area contributed by atoms with Crippen molar-refractivity contribution in [3.63, 3.8) is 0 Å². The first-order chi connectivity index (χ1) is 19.4. The van der Waals surface area contributed by atoms with E-state index in [1.807, 2.05) is 24.3 Å². The molecule has 4 aromatic carbocycles. The lowest BCUT2D eigenvalue weighted by Crippen LogP contribution is -2.40. The van der Waals surface area contributed by atoms with Crippen LogP contribution >= 0.6 is 0 Å². The Morgan fingerprint density at radius 2 is 0.878 bits per heavy atom. The van der Waals surface area contributed by atoms with Crippen molar-refractivity contribution in [3.8, 4) is 11.5 Å². The normalized spacial score (nSPS) is 15.0. The Bertz CT molecular complexity index is 1480. The number of aromatic hydroxyl groups is 2. The Balaban J connectivity index is 1.34. The highest BCUT2D eigenvalue weighted by molar-refractivity contribution is 5.87. The molecule has 0 bridgehead atoms. The molecule has 0 atom stereocenters. The average molecular weight is 549 g/mol. The number of nitrogens with zero attached hydrogens (tertiary/aromatic N) is 4. The number of anilines is 6. The number of benzene rings is 4. The zero-order valence-corrected chi connectivity index (χ0v) is 24.9. The van der Waals surface area contributed by atoms with E-state index in [2.05, 4.69) is 122 Å². The van der Waals surface area contributed by atoms with E-state index >= 15 is 0 Å². The number of phenolic OH excluding ortho intramolecular Hbond substituents is 2. The van der Waals surface area contributed by atoms with Crippen molar-refractivity contribution in [2.24, 2.45) is 0 Å². The third kappa shape index (κ3) is 4.82. The SMILES string of the molecule is CC(C)(C)c1ccc(O)c(N2CN(CN3CN(c4cc(C(C)(C)C)ccc4O)c4ccccc43)c3ccccc32)c1. The van der Waals surface area contributed by atoms with Gasteiger partial charge in [-0.2, -0.15) is 0 Å². The molecule has 0 fully saturated rings. The molecule has 4 aromatic rings. The van der Waals surface area contributed by atoms with Crippen molar-refractivity contribution in [1.82, 2.24) is 0 Å². The van der Waals surface area contributed by atoms with Crippen molar-refractivity contribution >= 4 is 34.1 Å². The molecule has 2 aliphatic heterocycles. The number of hydrogen-bond acceptors (Lipinski definition) is 6. The van der Waals surface area contributed by atoms with Gasteiger partial charge in [-0.3, -0.25) is 0 Å². The molecule has 0 amide bonds. The van der Waals surface area contributed by atoms with Crippen LogP contribution in [0.3, 0.4) is 0 Å². The summed E-state index contributed by atoms with van der Waals surface area (Å²) in [7, 11) is 0. The molecule has 2 N–H and O–H groups in total. The second-order valence-electron chi connectivity index (χ2n) is 13.2. The van der Waals surface area contributed by atoms with E-state index in [-0.39, 0.29) is 22.3 Å². The van der Waals surface area contributed by atoms with Gasteiger partial charge in [0.15, 0.2) is 0 Å². The van der Waals surface area contributed by atoms with Gasteiger partial charge < -0.3 is 29.8 Å². The minimum absolute atomic E-state index is 0.0278. The summed E-state index contributed by atoms with van der Waals surface area (Å²) in [4.78, 5) is 9.12. The van der Waals surface area contributed by atoms with E-state index in [0.29, 0.717) is 20.0 Å². The number of fused-ring (bicyclic) bond motifs is 2. The smallest absolute Gasteiger partial charge is 0.139 e. The molecule has 0 unspecified atom stereocenters. The van der Waals surface area contributed by atoms with Crippen LogP contribution in [0.2, 0.25) is 0 Å². The summed E-state index contributed by atoms with van der Waals surface area (Å²) < 4.78 is 0. The lowest BCUT2D eigenvalue weighted by molar-refractivity contribution is 0.474. The topological polar surface area (TPSA) is 53.4 Å². The maximum absolute atomic E-state index is 11.0. The summed E-state index contributed by atoms with van der Waals surface area (Å²) in [5.41, 5.74) is 8.36. The molecule has 0 aromatic heterocycles. The van der Waals surface area contributed by atoms with Gasteiger partial charge in [-0.25, -0.2) is 0 Å². The summed E-state index contributed by atoms with van der Waals surface area (Å²) in [5, 5.41) is 21.9. The lowest BCUT2D eigenvalue weighted by atomic mass is 9.86. The van der Waals surface area contributed by atoms with Crippen LogP contribution in [0.25, 0.3) is 0 Å². The minimum Gasteiger partial charge on any atom is -0.506 e. The summed E-state index contributed by atoms with van der Waals surface area (Å²) in [6, 6.07) is 28.7. The van der Waals surface area contributed by atoms with Gasteiger partial charge in [-0.1, -0.05) is 77.9 Å². The first-order valence-corrected chi connectivity index (χ1v) is 14.3. The monoisotopic (exact) mass is 548 g/mol. The van der Waals surface area contributed by atoms with E-state index in [1.165, 1.54) is 11.1 Å². The number of phenols is 2. The van der Waals surface area contributed by atoms with E-state index in [4.69, 9.17) is 0 Å². The fraction of sp³-hybridized carbons (Fsp3) is 0.314. The first-order valence-electron chi connectivity index (χ1n) is 14.3. The van der Waals surface area contributed by atoms with Gasteiger partial charge in [0.1, 0.15) is 11.5 Å². The average Bonchev–Trinajstić information content (AvgIpc) is 3.47. The summed E-state index contributed by atoms with van der Waals surface area (Å²) in [5.74, 6) is 0.558. The summed E-state index contributed by atoms with van der Waals surface area (Å²) in [6.07, 6.45) is 0. The van der Waals surface area contributed by atoms with Crippen LogP contribution in [0.1, 0.15) is 52.7 Å². The maximum atomic E-state index is 11.0. The highest BCUT2D eigenvalue weighted by Crippen LogP contribution is 2.47. The van der Waals surface area contributed by atoms with Crippen LogP contribution in [0.4, 0.5) is 34.1 Å². The third-order valence-corrected chi connectivity index (χ3v) is 8.26. The summed E-state index contributed by atoms with van der Waals surface area (Å²) >= 11 is 0. The Hall–Kier alpha value is -4.32. The van der Waals surface area contributed by atoms with Gasteiger partial charge in [0.25, 0.3) is 0 Å². The van der Waals surface area contributed by atoms with Gasteiger partial charge >= 0.3 is 0 Å². The van der Waals surface area contributed by atoms with Crippen LogP contribution in [0, 0.1) is 0 Å². The van der Waals surface area contributed by atoms with E-state index in [0.717, 1.165) is 34.1 Å². The van der Waals surface area contributed by atoms with Crippen LogP contribution < -0.4 is 19.6 Å². The molecule has 0 radical (unpaired) electrons. The molecule has 6 nitrogen and oxygen atoms in total. The first kappa shape index (κ1) is 26.9. The molecule has 212 valence electrons. The molecule has 0 aliphatic carbocycles. The van der Waals surface area contributed by atoms with Gasteiger partial charge in [-0.15, -0.1) is 0 Å². The Kier molecular flexibility index (Phi) is 6.33. The predicted molar refractivity (Wildman–Crippen MR) is 170 cm³/mol. The van der Waals surface area contributed by atoms with Gasteiger partial charge in [0.2, 0.25) is 0 Å². The van der Waals surface area contributed by atoms with Crippen molar-refractivity contribution < 1.29 is 10.2 Å². The molecular weight excluding hydrogens is 508 g/mol. The molecule has 0 spiro atoms. The predicted octanol–water partition coefficient (Wildman–Crippen LogP) is 8.18. The van der Waals surface area contributed by atoms with Crippen molar-refractivity contribution in [2.45, 2.75) is 52.4 Å². The van der Waals surface area contributed by atoms with Gasteiger partial charge in [0, 0.05) is 0 Å². The van der Waals surface area contributed by atoms with E-state index in [9.17, 15) is 10.2 Å². The van der Waals surface area contributed by atoms with E-state index < -0.39 is 0 Å². The fourth-order valence-corrected chi connectivity index (χ4v) is 5.84. The molecule has 6 heteroatoms. The zero-order chi connectivity index (χ0) is 29.1. The maximum Gasteiger partial charge on any atom is 0.139 e. The second kappa shape index (κ2) is 9.65. The number of hydrogen-bond donors (Lipinski definition) is 2. The van der Waals surface area contributed by atoms with Crippen LogP contribution in [-0.2, 0) is 10.8 Å². The quantitative estimate of drug-likeness (QED) is 0.268. The molecule has 6 rings (SSSR count). The Labute approximate surface area is 243 Å². The van der Waals surface area contributed by atoms with Crippen molar-refractivity contribution in [3.05, 3.63) is 96.1 Å².